The molecule has 0 amide bonds. The van der Waals surface area contributed by atoms with E-state index in [0.29, 0.717) is 0 Å². The Balaban J connectivity index is 1.75. The number of aryl methyl sites for hydroxylation is 1. The van der Waals surface area contributed by atoms with E-state index in [-0.39, 0.29) is 0 Å². The zero-order valence-corrected chi connectivity index (χ0v) is 16.5. The molecule has 3 aromatic rings. The van der Waals surface area contributed by atoms with E-state index in [1.807, 2.05) is 26.0 Å². The molecule has 0 spiro atoms. The summed E-state index contributed by atoms with van der Waals surface area (Å²) in [5, 5.41) is 0. The summed E-state index contributed by atoms with van der Waals surface area (Å²) in [5.41, 5.74) is 13.9. The van der Waals surface area contributed by atoms with Crippen LogP contribution >= 0.6 is 0 Å². The van der Waals surface area contributed by atoms with Gasteiger partial charge in [0.1, 0.15) is 11.4 Å². The Morgan fingerprint density at radius 2 is 1.48 bits per heavy atom. The van der Waals surface area contributed by atoms with Crippen LogP contribution in [0.1, 0.15) is 29.4 Å². The molecule has 0 saturated heterocycles. The Labute approximate surface area is 171 Å². The number of rotatable bonds is 2. The van der Waals surface area contributed by atoms with Crippen molar-refractivity contribution in [3.63, 3.8) is 0 Å². The number of pyridine rings is 1. The van der Waals surface area contributed by atoms with E-state index in [1.54, 1.807) is 0 Å². The van der Waals surface area contributed by atoms with Gasteiger partial charge in [-0.15, -0.1) is 0 Å². The molecule has 0 saturated carbocycles. The third kappa shape index (κ3) is 3.20. The Morgan fingerprint density at radius 1 is 0.793 bits per heavy atom. The first kappa shape index (κ1) is 17.4. The minimum Gasteiger partial charge on any atom is -0.250 e. The second-order valence-electron chi connectivity index (χ2n) is 7.34. The van der Waals surface area contributed by atoms with Crippen LogP contribution < -0.4 is 0 Å². The molecule has 2 nitrogen and oxygen atoms in total. The second-order valence-corrected chi connectivity index (χ2v) is 7.34. The van der Waals surface area contributed by atoms with Gasteiger partial charge in [-0.2, -0.15) is 0 Å². The fourth-order valence-electron chi connectivity index (χ4n) is 3.87. The molecule has 29 heavy (non-hydrogen) atoms. The molecule has 0 atom stereocenters. The van der Waals surface area contributed by atoms with Crippen molar-refractivity contribution in [2.75, 3.05) is 0 Å². The van der Waals surface area contributed by atoms with Crippen LogP contribution in [0.5, 0.6) is 0 Å². The predicted octanol–water partition coefficient (Wildman–Crippen LogP) is 6.51. The van der Waals surface area contributed by atoms with Crippen LogP contribution in [-0.2, 0) is 0 Å². The number of nitrogens with zero attached hydrogens (tertiary/aromatic N) is 2. The molecule has 2 aliphatic rings. The second kappa shape index (κ2) is 7.01. The standard InChI is InChI=1S/C27H20N2/c1-18-15-24(20-9-5-3-6-10-20)22-13-14-23-25(21-11-7-4-8-12-21)16-19(2)29-27(23)26(17-22)28-18/h3-16H,1-2H3. The smallest absolute Gasteiger partial charge is 0.132 e. The Bertz CT molecular complexity index is 1270. The summed E-state index contributed by atoms with van der Waals surface area (Å²) in [6.07, 6.45) is 6.43. The number of fused-ring (bicyclic) bond motifs is 2. The van der Waals surface area contributed by atoms with Crippen molar-refractivity contribution < 1.29 is 0 Å². The molecule has 0 fully saturated rings. The van der Waals surface area contributed by atoms with Crippen LogP contribution in [0.4, 0.5) is 0 Å². The van der Waals surface area contributed by atoms with Gasteiger partial charge in [-0.25, -0.2) is 4.99 Å². The molecular weight excluding hydrogens is 352 g/mol. The van der Waals surface area contributed by atoms with Crippen LogP contribution in [0.15, 0.2) is 95.2 Å². The average molecular weight is 372 g/mol. The molecule has 1 aliphatic heterocycles. The zero-order valence-electron chi connectivity index (χ0n) is 16.5. The van der Waals surface area contributed by atoms with Gasteiger partial charge in [-0.05, 0) is 54.3 Å². The first-order valence-corrected chi connectivity index (χ1v) is 9.78. The van der Waals surface area contributed by atoms with E-state index in [0.717, 1.165) is 45.1 Å². The van der Waals surface area contributed by atoms with Crippen molar-refractivity contribution in [2.45, 2.75) is 13.8 Å². The highest BCUT2D eigenvalue weighted by molar-refractivity contribution is 6.07. The van der Waals surface area contributed by atoms with E-state index in [9.17, 15) is 0 Å². The summed E-state index contributed by atoms with van der Waals surface area (Å²) >= 11 is 0. The molecule has 1 aromatic heterocycles. The first-order valence-electron chi connectivity index (χ1n) is 9.78. The molecule has 2 heterocycles. The van der Waals surface area contributed by atoms with Crippen molar-refractivity contribution >= 4 is 23.1 Å². The van der Waals surface area contributed by atoms with Crippen LogP contribution in [0.3, 0.4) is 0 Å². The minimum absolute atomic E-state index is 0.792. The molecular formula is C27H20N2. The van der Waals surface area contributed by atoms with Crippen LogP contribution in [-0.4, -0.2) is 10.7 Å². The summed E-state index contributed by atoms with van der Waals surface area (Å²) in [5.74, 6) is 0. The third-order valence-corrected chi connectivity index (χ3v) is 5.18. The van der Waals surface area contributed by atoms with Gasteiger partial charge in [-0.3, -0.25) is 4.98 Å². The highest BCUT2D eigenvalue weighted by Crippen LogP contribution is 2.36. The third-order valence-electron chi connectivity index (χ3n) is 5.18. The summed E-state index contributed by atoms with van der Waals surface area (Å²) < 4.78 is 0. The molecule has 0 N–H and O–H groups in total. The van der Waals surface area contributed by atoms with Gasteiger partial charge in [0, 0.05) is 22.5 Å². The Morgan fingerprint density at radius 3 is 2.21 bits per heavy atom. The normalized spacial score (nSPS) is 14.7. The Kier molecular flexibility index (Phi) is 4.20. The minimum atomic E-state index is 0.792. The quantitative estimate of drug-likeness (QED) is 0.471. The molecule has 0 radical (unpaired) electrons. The summed E-state index contributed by atoms with van der Waals surface area (Å²) in [7, 11) is 0. The maximum Gasteiger partial charge on any atom is 0.132 e. The Hall–Kier alpha value is -3.74. The van der Waals surface area contributed by atoms with Crippen molar-refractivity contribution in [1.29, 1.82) is 0 Å². The van der Waals surface area contributed by atoms with E-state index < -0.39 is 0 Å². The molecule has 0 unspecified atom stereocenters. The van der Waals surface area contributed by atoms with Crippen LogP contribution in [0.25, 0.3) is 28.5 Å². The summed E-state index contributed by atoms with van der Waals surface area (Å²) in [6.45, 7) is 4.07. The lowest BCUT2D eigenvalue weighted by Gasteiger charge is -2.13. The van der Waals surface area contributed by atoms with Crippen molar-refractivity contribution in [1.82, 2.24) is 4.98 Å². The van der Waals surface area contributed by atoms with Gasteiger partial charge >= 0.3 is 0 Å². The molecule has 5 rings (SSSR count). The number of hydrogen-bond acceptors (Lipinski definition) is 2. The maximum atomic E-state index is 4.87. The van der Waals surface area contributed by atoms with E-state index in [1.165, 1.54) is 11.1 Å². The van der Waals surface area contributed by atoms with Crippen molar-refractivity contribution in [3.8, 4) is 11.1 Å². The lowest BCUT2D eigenvalue weighted by Crippen LogP contribution is -1.99. The fourth-order valence-corrected chi connectivity index (χ4v) is 3.87. The monoisotopic (exact) mass is 372 g/mol. The number of aromatic nitrogens is 1. The number of aliphatic imine (C=N–C) groups is 1. The fraction of sp³-hybridized carbons (Fsp3) is 0.0741. The lowest BCUT2D eigenvalue weighted by atomic mass is 9.95. The van der Waals surface area contributed by atoms with Crippen molar-refractivity contribution in [2.24, 2.45) is 4.99 Å². The highest BCUT2D eigenvalue weighted by atomic mass is 14.8. The molecule has 2 aromatic carbocycles. The van der Waals surface area contributed by atoms with Crippen molar-refractivity contribution in [3.05, 3.63) is 113 Å². The van der Waals surface area contributed by atoms with Crippen LogP contribution in [0, 0.1) is 6.92 Å². The SMILES string of the molecule is CC1=NC2=C=C(C=Cc3c(-c4ccccc4)cc(C)nc32)C(c2ccccc2)=C1. The lowest BCUT2D eigenvalue weighted by molar-refractivity contribution is 1.16. The number of benzene rings is 2. The van der Waals surface area contributed by atoms with E-state index in [2.05, 4.69) is 78.6 Å². The van der Waals surface area contributed by atoms with Gasteiger partial charge < -0.3 is 0 Å². The van der Waals surface area contributed by atoms with Gasteiger partial charge in [0.2, 0.25) is 0 Å². The van der Waals surface area contributed by atoms with E-state index >= 15 is 0 Å². The van der Waals surface area contributed by atoms with Crippen LogP contribution in [0.2, 0.25) is 0 Å². The molecule has 138 valence electrons. The van der Waals surface area contributed by atoms with Gasteiger partial charge in [0.15, 0.2) is 0 Å². The largest absolute Gasteiger partial charge is 0.250 e. The molecule has 2 bridgehead atoms. The number of allylic oxidation sites excluding steroid dienone is 4. The molecule has 2 heteroatoms. The van der Waals surface area contributed by atoms with E-state index in [4.69, 9.17) is 9.98 Å². The summed E-state index contributed by atoms with van der Waals surface area (Å²) in [4.78, 5) is 9.73. The zero-order chi connectivity index (χ0) is 19.8. The topological polar surface area (TPSA) is 25.2 Å². The maximum absolute atomic E-state index is 4.87. The van der Waals surface area contributed by atoms with Gasteiger partial charge in [0.25, 0.3) is 0 Å². The first-order chi connectivity index (χ1) is 14.2. The van der Waals surface area contributed by atoms with Gasteiger partial charge in [0.05, 0.1) is 0 Å². The summed E-state index contributed by atoms with van der Waals surface area (Å²) in [6, 6.07) is 23.0. The average Bonchev–Trinajstić information content (AvgIpc) is 3.03. The van der Waals surface area contributed by atoms with Gasteiger partial charge in [-0.1, -0.05) is 72.5 Å². The molecule has 1 aliphatic carbocycles. The predicted molar refractivity (Wildman–Crippen MR) is 121 cm³/mol. The number of hydrogen-bond donors (Lipinski definition) is 0. The highest BCUT2D eigenvalue weighted by Gasteiger charge is 2.20.